The van der Waals surface area contributed by atoms with Gasteiger partial charge >= 0.3 is 27.3 Å². The quantitative estimate of drug-likeness (QED) is 0.0639. The van der Waals surface area contributed by atoms with Crippen molar-refractivity contribution in [2.45, 2.75) is 0 Å². The first-order chi connectivity index (χ1) is 56.3. The van der Waals surface area contributed by atoms with E-state index in [1.165, 1.54) is 121 Å². The van der Waals surface area contributed by atoms with Gasteiger partial charge in [0.05, 0.1) is 119 Å². The van der Waals surface area contributed by atoms with Crippen molar-refractivity contribution in [3.63, 3.8) is 0 Å². The van der Waals surface area contributed by atoms with E-state index < -0.39 is 119 Å². The molecule has 0 aliphatic heterocycles. The molecular formula is C80H40O40Pb-18. The van der Waals surface area contributed by atoms with Crippen LogP contribution in [0.1, 0.15) is 207 Å². The topological polar surface area (TPSA) is 803 Å². The maximum atomic E-state index is 10.3. The van der Waals surface area contributed by atoms with Crippen molar-refractivity contribution >= 4 is 147 Å². The largest absolute Gasteiger partial charge is 2.00 e. The Kier molecular flexibility index (Phi) is 44.5. The van der Waals surface area contributed by atoms with E-state index in [1.54, 1.807) is 0 Å². The molecule has 622 valence electrons. The molecule has 0 aliphatic carbocycles. The van der Waals surface area contributed by atoms with E-state index in [4.69, 9.17) is 0 Å². The minimum absolute atomic E-state index is 0. The fourth-order valence-corrected chi connectivity index (χ4v) is 8.39. The standard InChI is InChI=1S/10C8H6O4.Pb/c10*9-7(10)5-3-1-2-4-6(5)8(11)12;/h10*1-4H,(H,9,10)(H,11,12);/q;;;;;;;;;;+2/p-20. The fraction of sp³-hybridized carbons (Fsp3) is 0. The van der Waals surface area contributed by atoms with Crippen molar-refractivity contribution in [3.8, 4) is 0 Å². The van der Waals surface area contributed by atoms with Crippen LogP contribution in [-0.4, -0.2) is 147 Å². The molecule has 10 aromatic carbocycles. The molecule has 0 aliphatic rings. The first-order valence-corrected chi connectivity index (χ1v) is 31.4. The van der Waals surface area contributed by atoms with Crippen LogP contribution in [-0.2, 0) is 0 Å². The molecule has 121 heavy (non-hydrogen) atoms. The van der Waals surface area contributed by atoms with Crippen LogP contribution in [0.5, 0.6) is 0 Å². The van der Waals surface area contributed by atoms with Crippen LogP contribution in [0.4, 0.5) is 0 Å². The Morgan fingerprint density at radius 3 is 0.157 bits per heavy atom. The molecule has 0 aromatic heterocycles. The van der Waals surface area contributed by atoms with Crippen LogP contribution >= 0.6 is 0 Å². The number of carbonyl (C=O) groups excluding carboxylic acids is 20. The molecule has 0 saturated carbocycles. The van der Waals surface area contributed by atoms with Gasteiger partial charge in [-0.1, -0.05) is 243 Å². The van der Waals surface area contributed by atoms with Gasteiger partial charge in [-0.15, -0.1) is 0 Å². The number of carbonyl (C=O) groups is 20. The number of hydrogen-bond donors (Lipinski definition) is 0. The molecule has 10 aromatic rings. The second-order valence-corrected chi connectivity index (χ2v) is 21.2. The predicted octanol–water partition coefficient (Wildman–Crippen LogP) is -16.2. The number of carboxylic acid groups (broad SMARTS) is 20. The minimum atomic E-state index is -1.52. The first-order valence-electron chi connectivity index (χ1n) is 31.4. The van der Waals surface area contributed by atoms with Crippen molar-refractivity contribution in [2.75, 3.05) is 0 Å². The summed E-state index contributed by atoms with van der Waals surface area (Å²) in [7, 11) is 0. The molecule has 0 fully saturated rings. The van der Waals surface area contributed by atoms with Crippen LogP contribution in [0.15, 0.2) is 243 Å². The van der Waals surface area contributed by atoms with Crippen molar-refractivity contribution in [1.82, 2.24) is 0 Å². The zero-order valence-electron chi connectivity index (χ0n) is 59.9. The Hall–Kier alpha value is -17.5. The van der Waals surface area contributed by atoms with Gasteiger partial charge in [-0.3, -0.25) is 0 Å². The fourth-order valence-electron chi connectivity index (χ4n) is 8.39. The molecule has 10 rings (SSSR count). The van der Waals surface area contributed by atoms with Gasteiger partial charge in [0.1, 0.15) is 0 Å². The molecule has 0 N–H and O–H groups in total. The Bertz CT molecular complexity index is 4100. The van der Waals surface area contributed by atoms with Crippen LogP contribution in [0.2, 0.25) is 0 Å². The average molecular weight is 1850 g/mol. The van der Waals surface area contributed by atoms with E-state index in [1.807, 2.05) is 0 Å². The van der Waals surface area contributed by atoms with Gasteiger partial charge in [0.25, 0.3) is 0 Å². The predicted molar refractivity (Wildman–Crippen MR) is 357 cm³/mol. The van der Waals surface area contributed by atoms with E-state index >= 15 is 0 Å². The van der Waals surface area contributed by atoms with Crippen molar-refractivity contribution < 1.29 is 198 Å². The summed E-state index contributed by atoms with van der Waals surface area (Å²) in [4.78, 5) is 206. The molecule has 2 radical (unpaired) electrons. The summed E-state index contributed by atoms with van der Waals surface area (Å²) in [5.74, 6) is -30.4. The number of hydrogen-bond acceptors (Lipinski definition) is 40. The van der Waals surface area contributed by atoms with Crippen molar-refractivity contribution in [3.05, 3.63) is 354 Å². The summed E-state index contributed by atoms with van der Waals surface area (Å²) in [6, 6.07) is 51.4. The Balaban J connectivity index is 0.00000132. The van der Waals surface area contributed by atoms with Gasteiger partial charge in [-0.05, 0) is 0 Å². The Morgan fingerprint density at radius 2 is 0.132 bits per heavy atom. The molecule has 0 spiro atoms. The van der Waals surface area contributed by atoms with E-state index in [-0.39, 0.29) is 139 Å². The van der Waals surface area contributed by atoms with Gasteiger partial charge in [0, 0.05) is 111 Å². The molecule has 0 heterocycles. The van der Waals surface area contributed by atoms with Gasteiger partial charge in [-0.2, -0.15) is 0 Å². The minimum Gasteiger partial charge on any atom is -0.545 e. The number of rotatable bonds is 20. The van der Waals surface area contributed by atoms with Crippen molar-refractivity contribution in [2.24, 2.45) is 0 Å². The van der Waals surface area contributed by atoms with Crippen LogP contribution < -0.4 is 102 Å². The summed E-state index contributed by atoms with van der Waals surface area (Å²) in [6.07, 6.45) is 0. The van der Waals surface area contributed by atoms with E-state index in [2.05, 4.69) is 0 Å². The third-order valence-electron chi connectivity index (χ3n) is 13.7. The third-order valence-corrected chi connectivity index (χ3v) is 13.7. The third kappa shape index (κ3) is 34.8. The molecule has 41 heteroatoms. The summed E-state index contributed by atoms with van der Waals surface area (Å²) in [6.45, 7) is 0. The molecule has 0 bridgehead atoms. The first kappa shape index (κ1) is 104. The van der Waals surface area contributed by atoms with E-state index in [9.17, 15) is 198 Å². The second kappa shape index (κ2) is 52.0. The van der Waals surface area contributed by atoms with Crippen molar-refractivity contribution in [1.29, 1.82) is 0 Å². The summed E-state index contributed by atoms with van der Waals surface area (Å²) in [5, 5.41) is 206. The Labute approximate surface area is 695 Å². The van der Waals surface area contributed by atoms with Gasteiger partial charge in [0.2, 0.25) is 0 Å². The van der Waals surface area contributed by atoms with Gasteiger partial charge in [0.15, 0.2) is 0 Å². The monoisotopic (exact) mass is 1850 g/mol. The zero-order chi connectivity index (χ0) is 91.4. The Morgan fingerprint density at radius 1 is 0.0992 bits per heavy atom. The average Bonchev–Trinajstić information content (AvgIpc) is 0.944. The van der Waals surface area contributed by atoms with E-state index in [0.29, 0.717) is 0 Å². The molecule has 0 amide bonds. The molecule has 40 nitrogen and oxygen atoms in total. The number of carboxylic acids is 20. The number of benzene rings is 10. The normalized spacial score (nSPS) is 9.26. The van der Waals surface area contributed by atoms with Gasteiger partial charge < -0.3 is 198 Å². The molecule has 0 unspecified atom stereocenters. The van der Waals surface area contributed by atoms with Crippen LogP contribution in [0, 0.1) is 0 Å². The van der Waals surface area contributed by atoms with E-state index in [0.717, 1.165) is 121 Å². The molecule has 0 atom stereocenters. The maximum absolute atomic E-state index is 10.3. The summed E-state index contributed by atoms with van der Waals surface area (Å²) in [5.41, 5.74) is -7.27. The van der Waals surface area contributed by atoms with Crippen LogP contribution in [0.3, 0.4) is 0 Å². The smallest absolute Gasteiger partial charge is 0.545 e. The van der Waals surface area contributed by atoms with Crippen LogP contribution in [0.25, 0.3) is 0 Å². The second-order valence-electron chi connectivity index (χ2n) is 21.2. The zero-order valence-corrected chi connectivity index (χ0v) is 63.8. The number of aromatic carboxylic acids is 20. The summed E-state index contributed by atoms with van der Waals surface area (Å²) < 4.78 is 0. The SMILES string of the molecule is O=C([O-])c1ccccc1C(=O)[O-].O=C([O-])c1ccccc1C(=O)[O-].O=C([O-])c1ccccc1C(=O)[O-].O=C([O-])c1ccccc1C(=O)[O-].O=C([O-])c1ccccc1C(=O)[O-].O=C([O-])c1ccccc1C(=O)[O-].O=C([O-])c1ccccc1C(=O)[O-].O=C([O-])c1ccccc1C(=O)[O-].O=C([O-])c1ccccc1C(=O)[O-].O=C([O-])c1ccccc1C(=O)[O-].[Pb+2]. The molecular weight excluding hydrogens is 1810 g/mol. The molecule has 0 saturated heterocycles. The summed E-state index contributed by atoms with van der Waals surface area (Å²) >= 11 is 0. The van der Waals surface area contributed by atoms with Gasteiger partial charge in [-0.25, -0.2) is 0 Å². The maximum Gasteiger partial charge on any atom is 2.00 e.